The Hall–Kier alpha value is -1.05. The number of nitrogens with zero attached hydrogens (tertiary/aromatic N) is 1. The summed E-state index contributed by atoms with van der Waals surface area (Å²) in [7, 11) is 1.58. The SMILES string of the molecule is C#CCCN(CCOC)CC(=O)O. The molecule has 1 N–H and O–H groups in total. The van der Waals surface area contributed by atoms with Crippen LogP contribution >= 0.6 is 0 Å². The zero-order valence-corrected chi connectivity index (χ0v) is 7.82. The maximum absolute atomic E-state index is 10.4. The third-order valence-electron chi connectivity index (χ3n) is 1.54. The molecule has 0 rings (SSSR count). The van der Waals surface area contributed by atoms with Gasteiger partial charge in [-0.2, -0.15) is 0 Å². The third kappa shape index (κ3) is 7.32. The Balaban J connectivity index is 3.74. The Labute approximate surface area is 78.5 Å². The number of rotatable bonds is 7. The molecule has 0 spiro atoms. The molecule has 0 aromatic carbocycles. The second-order valence-corrected chi connectivity index (χ2v) is 2.62. The van der Waals surface area contributed by atoms with Crippen molar-refractivity contribution in [1.29, 1.82) is 0 Å². The van der Waals surface area contributed by atoms with Crippen molar-refractivity contribution < 1.29 is 14.6 Å². The fourth-order valence-corrected chi connectivity index (χ4v) is 0.904. The lowest BCUT2D eigenvalue weighted by molar-refractivity contribution is -0.138. The van der Waals surface area contributed by atoms with Gasteiger partial charge in [0.2, 0.25) is 0 Å². The molecule has 0 aliphatic rings. The highest BCUT2D eigenvalue weighted by Crippen LogP contribution is 1.90. The minimum absolute atomic E-state index is 0.0189. The molecule has 0 radical (unpaired) electrons. The first kappa shape index (κ1) is 11.9. The van der Waals surface area contributed by atoms with E-state index in [0.717, 1.165) is 0 Å². The number of methoxy groups -OCH3 is 1. The lowest BCUT2D eigenvalue weighted by Crippen LogP contribution is -2.33. The first-order chi connectivity index (χ1) is 6.20. The normalized spacial score (nSPS) is 9.92. The Morgan fingerprint density at radius 3 is 2.77 bits per heavy atom. The van der Waals surface area contributed by atoms with Crippen LogP contribution in [0.5, 0.6) is 0 Å². The Kier molecular flexibility index (Phi) is 6.98. The fourth-order valence-electron chi connectivity index (χ4n) is 0.904. The number of hydrogen-bond donors (Lipinski definition) is 1. The molecule has 74 valence electrons. The summed E-state index contributed by atoms with van der Waals surface area (Å²) in [4.78, 5) is 12.2. The number of carboxylic acids is 1. The number of hydrogen-bond acceptors (Lipinski definition) is 3. The maximum atomic E-state index is 10.4. The molecule has 0 heterocycles. The molecular weight excluding hydrogens is 170 g/mol. The molecule has 0 aliphatic carbocycles. The van der Waals surface area contributed by atoms with Gasteiger partial charge in [-0.25, -0.2) is 0 Å². The van der Waals surface area contributed by atoms with E-state index >= 15 is 0 Å². The molecule has 0 fully saturated rings. The van der Waals surface area contributed by atoms with Gasteiger partial charge in [0.15, 0.2) is 0 Å². The van der Waals surface area contributed by atoms with Gasteiger partial charge in [0.05, 0.1) is 13.2 Å². The van der Waals surface area contributed by atoms with Crippen molar-refractivity contribution in [2.75, 3.05) is 33.4 Å². The monoisotopic (exact) mass is 185 g/mol. The van der Waals surface area contributed by atoms with Crippen LogP contribution in [0, 0.1) is 12.3 Å². The second kappa shape index (κ2) is 7.59. The first-order valence-electron chi connectivity index (χ1n) is 4.07. The van der Waals surface area contributed by atoms with Crippen LogP contribution in [0.25, 0.3) is 0 Å². The minimum atomic E-state index is -0.840. The summed E-state index contributed by atoms with van der Waals surface area (Å²) in [5.41, 5.74) is 0. The Morgan fingerprint density at radius 1 is 1.62 bits per heavy atom. The van der Waals surface area contributed by atoms with Crippen LogP contribution in [0.2, 0.25) is 0 Å². The van der Waals surface area contributed by atoms with E-state index in [4.69, 9.17) is 16.3 Å². The van der Waals surface area contributed by atoms with Gasteiger partial charge in [-0.05, 0) is 0 Å². The largest absolute Gasteiger partial charge is 0.480 e. The highest BCUT2D eigenvalue weighted by atomic mass is 16.5. The average molecular weight is 185 g/mol. The van der Waals surface area contributed by atoms with Crippen molar-refractivity contribution in [3.8, 4) is 12.3 Å². The molecule has 4 heteroatoms. The molecule has 13 heavy (non-hydrogen) atoms. The summed E-state index contributed by atoms with van der Waals surface area (Å²) in [6, 6.07) is 0. The fraction of sp³-hybridized carbons (Fsp3) is 0.667. The van der Waals surface area contributed by atoms with Crippen molar-refractivity contribution >= 4 is 5.97 Å². The first-order valence-corrected chi connectivity index (χ1v) is 4.07. The van der Waals surface area contributed by atoms with E-state index in [2.05, 4.69) is 5.92 Å². The zero-order chi connectivity index (χ0) is 10.1. The number of terminal acetylenes is 1. The predicted molar refractivity (Wildman–Crippen MR) is 49.4 cm³/mol. The zero-order valence-electron chi connectivity index (χ0n) is 7.82. The van der Waals surface area contributed by atoms with Crippen molar-refractivity contribution in [3.05, 3.63) is 0 Å². The standard InChI is InChI=1S/C9H15NO3/c1-3-4-5-10(6-7-13-2)8-9(11)12/h1H,4-8H2,2H3,(H,11,12). The van der Waals surface area contributed by atoms with Crippen LogP contribution in [-0.2, 0) is 9.53 Å². The van der Waals surface area contributed by atoms with Crippen LogP contribution < -0.4 is 0 Å². The van der Waals surface area contributed by atoms with Crippen molar-refractivity contribution in [2.45, 2.75) is 6.42 Å². The van der Waals surface area contributed by atoms with Crippen LogP contribution in [0.3, 0.4) is 0 Å². The second-order valence-electron chi connectivity index (χ2n) is 2.62. The van der Waals surface area contributed by atoms with E-state index in [1.54, 1.807) is 12.0 Å². The molecule has 0 atom stereocenters. The molecule has 0 aliphatic heterocycles. The molecule has 0 saturated carbocycles. The summed E-state index contributed by atoms with van der Waals surface area (Å²) in [6.45, 7) is 1.75. The summed E-state index contributed by atoms with van der Waals surface area (Å²) >= 11 is 0. The van der Waals surface area contributed by atoms with Gasteiger partial charge in [-0.3, -0.25) is 9.69 Å². The van der Waals surface area contributed by atoms with E-state index in [1.165, 1.54) is 0 Å². The highest BCUT2D eigenvalue weighted by molar-refractivity contribution is 5.69. The van der Waals surface area contributed by atoms with Crippen LogP contribution in [0.15, 0.2) is 0 Å². The summed E-state index contributed by atoms with van der Waals surface area (Å²) < 4.78 is 4.85. The number of aliphatic carboxylic acids is 1. The van der Waals surface area contributed by atoms with E-state index < -0.39 is 5.97 Å². The average Bonchev–Trinajstić information content (AvgIpc) is 2.09. The minimum Gasteiger partial charge on any atom is -0.480 e. The lowest BCUT2D eigenvalue weighted by Gasteiger charge is -2.17. The maximum Gasteiger partial charge on any atom is 0.317 e. The van der Waals surface area contributed by atoms with Crippen molar-refractivity contribution in [3.63, 3.8) is 0 Å². The third-order valence-corrected chi connectivity index (χ3v) is 1.54. The topological polar surface area (TPSA) is 49.8 Å². The predicted octanol–water partition coefficient (Wildman–Crippen LogP) is 0.0427. The van der Waals surface area contributed by atoms with Gasteiger partial charge < -0.3 is 9.84 Å². The van der Waals surface area contributed by atoms with Crippen LogP contribution in [0.4, 0.5) is 0 Å². The van der Waals surface area contributed by atoms with E-state index in [9.17, 15) is 4.79 Å². The molecule has 0 aromatic heterocycles. The summed E-state index contributed by atoms with van der Waals surface area (Å²) in [6.07, 6.45) is 5.65. The van der Waals surface area contributed by atoms with Crippen molar-refractivity contribution in [2.24, 2.45) is 0 Å². The van der Waals surface area contributed by atoms with Crippen LogP contribution in [0.1, 0.15) is 6.42 Å². The molecular formula is C9H15NO3. The molecule has 0 unspecified atom stereocenters. The molecule has 0 amide bonds. The number of carboxylic acid groups (broad SMARTS) is 1. The molecule has 0 aromatic rings. The summed E-state index contributed by atoms with van der Waals surface area (Å²) in [5, 5.41) is 8.55. The summed E-state index contributed by atoms with van der Waals surface area (Å²) in [5.74, 6) is 1.63. The van der Waals surface area contributed by atoms with Gasteiger partial charge in [0.1, 0.15) is 0 Å². The molecule has 0 bridgehead atoms. The van der Waals surface area contributed by atoms with E-state index in [0.29, 0.717) is 26.1 Å². The Bertz CT molecular complexity index is 186. The quantitative estimate of drug-likeness (QED) is 0.569. The lowest BCUT2D eigenvalue weighted by atomic mass is 10.4. The molecule has 0 saturated heterocycles. The van der Waals surface area contributed by atoms with Crippen LogP contribution in [-0.4, -0.2) is 49.3 Å². The van der Waals surface area contributed by atoms with E-state index in [-0.39, 0.29) is 6.54 Å². The number of ether oxygens (including phenoxy) is 1. The van der Waals surface area contributed by atoms with Gasteiger partial charge in [-0.1, -0.05) is 0 Å². The van der Waals surface area contributed by atoms with Gasteiger partial charge >= 0.3 is 5.97 Å². The number of carbonyl (C=O) groups is 1. The van der Waals surface area contributed by atoms with Gasteiger partial charge in [0.25, 0.3) is 0 Å². The van der Waals surface area contributed by atoms with E-state index in [1.807, 2.05) is 0 Å². The highest BCUT2D eigenvalue weighted by Gasteiger charge is 2.07. The Morgan fingerprint density at radius 2 is 2.31 bits per heavy atom. The van der Waals surface area contributed by atoms with Gasteiger partial charge in [-0.15, -0.1) is 12.3 Å². The van der Waals surface area contributed by atoms with Crippen molar-refractivity contribution in [1.82, 2.24) is 4.90 Å². The van der Waals surface area contributed by atoms with Gasteiger partial charge in [0, 0.05) is 26.6 Å². The smallest absolute Gasteiger partial charge is 0.317 e. The molecule has 4 nitrogen and oxygen atoms in total.